The maximum Gasteiger partial charge on any atom is 0.282 e. The Hall–Kier alpha value is -2.22. The van der Waals surface area contributed by atoms with E-state index in [0.29, 0.717) is 23.0 Å². The molecule has 130 valence electrons. The van der Waals surface area contributed by atoms with Crippen molar-refractivity contribution in [1.29, 1.82) is 0 Å². The van der Waals surface area contributed by atoms with E-state index in [1.54, 1.807) is 24.6 Å². The maximum absolute atomic E-state index is 12.5. The van der Waals surface area contributed by atoms with Gasteiger partial charge in [-0.25, -0.2) is 9.98 Å². The highest BCUT2D eigenvalue weighted by atomic mass is 16.5. The van der Waals surface area contributed by atoms with Gasteiger partial charge in [0.05, 0.1) is 18.8 Å². The summed E-state index contributed by atoms with van der Waals surface area (Å²) in [4.78, 5) is 27.4. The highest BCUT2D eigenvalue weighted by molar-refractivity contribution is 5.71. The Balaban J connectivity index is 2.07. The van der Waals surface area contributed by atoms with Crippen molar-refractivity contribution in [2.24, 2.45) is 18.0 Å². The lowest BCUT2D eigenvalue weighted by molar-refractivity contribution is -0.00304. The molecule has 0 amide bonds. The van der Waals surface area contributed by atoms with Crippen molar-refractivity contribution in [3.63, 3.8) is 0 Å². The van der Waals surface area contributed by atoms with Gasteiger partial charge in [-0.2, -0.15) is 4.98 Å². The van der Waals surface area contributed by atoms with Gasteiger partial charge in [0.1, 0.15) is 6.23 Å². The van der Waals surface area contributed by atoms with E-state index in [1.165, 1.54) is 4.57 Å². The highest BCUT2D eigenvalue weighted by Gasteiger charge is 2.33. The fraction of sp³-hybridized carbons (Fsp3) is 0.625. The average molecular weight is 332 g/mol. The SMILES string of the molecule is CC[C@H]1O[C@@H](n2cnc3c(=O)n(C)c(/N=C/N(C)C)nc32)C[C@H]1C. The molecule has 0 saturated carbocycles. The molecule has 1 aliphatic heterocycles. The first kappa shape index (κ1) is 16.6. The minimum absolute atomic E-state index is 0.139. The molecule has 0 N–H and O–H groups in total. The molecule has 0 aromatic carbocycles. The molecule has 0 radical (unpaired) electrons. The Labute approximate surface area is 140 Å². The molecule has 3 heterocycles. The van der Waals surface area contributed by atoms with Crippen molar-refractivity contribution in [2.75, 3.05) is 14.1 Å². The lowest BCUT2D eigenvalue weighted by atomic mass is 10.0. The highest BCUT2D eigenvalue weighted by Crippen LogP contribution is 2.35. The van der Waals surface area contributed by atoms with E-state index in [4.69, 9.17) is 4.74 Å². The quantitative estimate of drug-likeness (QED) is 0.629. The van der Waals surface area contributed by atoms with Gasteiger partial charge in [0.2, 0.25) is 5.95 Å². The summed E-state index contributed by atoms with van der Waals surface area (Å²) in [6, 6.07) is 0. The first-order chi connectivity index (χ1) is 11.4. The van der Waals surface area contributed by atoms with Crippen LogP contribution in [0.15, 0.2) is 16.1 Å². The van der Waals surface area contributed by atoms with Gasteiger partial charge in [0.15, 0.2) is 11.2 Å². The summed E-state index contributed by atoms with van der Waals surface area (Å²) in [6.45, 7) is 4.31. The summed E-state index contributed by atoms with van der Waals surface area (Å²) < 4.78 is 9.38. The van der Waals surface area contributed by atoms with Gasteiger partial charge >= 0.3 is 0 Å². The Kier molecular flexibility index (Phi) is 4.40. The van der Waals surface area contributed by atoms with Crippen molar-refractivity contribution in [1.82, 2.24) is 24.0 Å². The van der Waals surface area contributed by atoms with Crippen molar-refractivity contribution in [3.8, 4) is 0 Å². The third-order valence-electron chi connectivity index (χ3n) is 4.44. The molecule has 0 spiro atoms. The standard InChI is InChI=1S/C16H24N6O2/c1-6-11-10(2)7-12(24-11)22-9-17-13-14(22)19-16(18-8-20(3)4)21(5)15(13)23/h8-12H,6-7H2,1-5H3/b18-8+/t10-,11-,12-/m1/s1. The summed E-state index contributed by atoms with van der Waals surface area (Å²) in [5.74, 6) is 0.816. The molecule has 24 heavy (non-hydrogen) atoms. The second-order valence-corrected chi connectivity index (χ2v) is 6.56. The first-order valence-electron chi connectivity index (χ1n) is 8.22. The van der Waals surface area contributed by atoms with E-state index < -0.39 is 0 Å². The fourth-order valence-electron chi connectivity index (χ4n) is 3.07. The largest absolute Gasteiger partial charge is 0.369 e. The summed E-state index contributed by atoms with van der Waals surface area (Å²) in [7, 11) is 5.38. The number of imidazole rings is 1. The van der Waals surface area contributed by atoms with E-state index in [0.717, 1.165) is 12.8 Å². The predicted octanol–water partition coefficient (Wildman–Crippen LogP) is 1.68. The Morgan fingerprint density at radius 1 is 1.50 bits per heavy atom. The van der Waals surface area contributed by atoms with Crippen LogP contribution in [-0.2, 0) is 11.8 Å². The van der Waals surface area contributed by atoms with Crippen molar-refractivity contribution >= 4 is 23.5 Å². The van der Waals surface area contributed by atoms with E-state index in [1.807, 2.05) is 18.7 Å². The zero-order chi connectivity index (χ0) is 17.4. The molecule has 8 nitrogen and oxygen atoms in total. The minimum Gasteiger partial charge on any atom is -0.369 e. The molecular formula is C16H24N6O2. The number of aromatic nitrogens is 4. The van der Waals surface area contributed by atoms with Crippen LogP contribution >= 0.6 is 0 Å². The van der Waals surface area contributed by atoms with Gasteiger partial charge in [0, 0.05) is 21.1 Å². The van der Waals surface area contributed by atoms with Crippen LogP contribution in [0.1, 0.15) is 32.9 Å². The van der Waals surface area contributed by atoms with Gasteiger partial charge in [-0.3, -0.25) is 13.9 Å². The number of fused-ring (bicyclic) bond motifs is 1. The van der Waals surface area contributed by atoms with Crippen molar-refractivity contribution in [3.05, 3.63) is 16.7 Å². The number of hydrogen-bond donors (Lipinski definition) is 0. The molecule has 3 rings (SSSR count). The molecule has 0 aliphatic carbocycles. The Bertz CT molecular complexity index is 822. The second-order valence-electron chi connectivity index (χ2n) is 6.56. The molecule has 3 atom stereocenters. The fourth-order valence-corrected chi connectivity index (χ4v) is 3.07. The topological polar surface area (TPSA) is 77.5 Å². The molecule has 2 aromatic heterocycles. The Morgan fingerprint density at radius 2 is 2.25 bits per heavy atom. The van der Waals surface area contributed by atoms with Crippen LogP contribution < -0.4 is 5.56 Å². The molecular weight excluding hydrogens is 308 g/mol. The van der Waals surface area contributed by atoms with Crippen LogP contribution in [0.25, 0.3) is 11.2 Å². The van der Waals surface area contributed by atoms with E-state index in [-0.39, 0.29) is 17.9 Å². The number of hydrogen-bond acceptors (Lipinski definition) is 5. The van der Waals surface area contributed by atoms with Gasteiger partial charge < -0.3 is 9.64 Å². The van der Waals surface area contributed by atoms with Gasteiger partial charge in [0.25, 0.3) is 5.56 Å². The van der Waals surface area contributed by atoms with Gasteiger partial charge in [-0.1, -0.05) is 13.8 Å². The van der Waals surface area contributed by atoms with E-state index in [2.05, 4.69) is 28.8 Å². The normalized spacial score (nSPS) is 24.3. The number of rotatable bonds is 4. The molecule has 0 bridgehead atoms. The molecule has 1 saturated heterocycles. The lowest BCUT2D eigenvalue weighted by Gasteiger charge is -2.14. The monoisotopic (exact) mass is 332 g/mol. The summed E-state index contributed by atoms with van der Waals surface area (Å²) in [5.41, 5.74) is 0.665. The average Bonchev–Trinajstić information content (AvgIpc) is 3.12. The summed E-state index contributed by atoms with van der Waals surface area (Å²) >= 11 is 0. The molecule has 1 aliphatic rings. The van der Waals surface area contributed by atoms with Crippen LogP contribution in [0, 0.1) is 5.92 Å². The smallest absolute Gasteiger partial charge is 0.282 e. The summed E-state index contributed by atoms with van der Waals surface area (Å²) in [5, 5.41) is 0. The lowest BCUT2D eigenvalue weighted by Crippen LogP contribution is -2.20. The zero-order valence-corrected chi connectivity index (χ0v) is 14.8. The van der Waals surface area contributed by atoms with Crippen LogP contribution in [0.2, 0.25) is 0 Å². The van der Waals surface area contributed by atoms with E-state index >= 15 is 0 Å². The van der Waals surface area contributed by atoms with E-state index in [9.17, 15) is 4.79 Å². The number of aliphatic imine (C=N–C) groups is 1. The predicted molar refractivity (Wildman–Crippen MR) is 92.6 cm³/mol. The third-order valence-corrected chi connectivity index (χ3v) is 4.44. The Morgan fingerprint density at radius 3 is 2.88 bits per heavy atom. The first-order valence-corrected chi connectivity index (χ1v) is 8.22. The third kappa shape index (κ3) is 2.82. The molecule has 8 heteroatoms. The van der Waals surface area contributed by atoms with Crippen molar-refractivity contribution in [2.45, 2.75) is 39.0 Å². The maximum atomic E-state index is 12.5. The molecule has 1 fully saturated rings. The second kappa shape index (κ2) is 6.35. The summed E-state index contributed by atoms with van der Waals surface area (Å²) in [6.07, 6.45) is 5.21. The zero-order valence-electron chi connectivity index (χ0n) is 14.8. The number of ether oxygens (including phenoxy) is 1. The van der Waals surface area contributed by atoms with Gasteiger partial charge in [-0.15, -0.1) is 0 Å². The molecule has 2 aromatic rings. The van der Waals surface area contributed by atoms with Crippen LogP contribution in [0.5, 0.6) is 0 Å². The van der Waals surface area contributed by atoms with Crippen molar-refractivity contribution < 1.29 is 4.74 Å². The van der Waals surface area contributed by atoms with Crippen LogP contribution in [0.3, 0.4) is 0 Å². The van der Waals surface area contributed by atoms with Gasteiger partial charge in [-0.05, 0) is 18.8 Å². The minimum atomic E-state index is -0.206. The van der Waals surface area contributed by atoms with Crippen LogP contribution in [0.4, 0.5) is 5.95 Å². The number of nitrogens with zero attached hydrogens (tertiary/aromatic N) is 6. The van der Waals surface area contributed by atoms with Crippen LogP contribution in [-0.4, -0.2) is 50.5 Å². The molecule has 0 unspecified atom stereocenters.